The Hall–Kier alpha value is -0.900. The van der Waals surface area contributed by atoms with Gasteiger partial charge in [0.05, 0.1) is 6.61 Å². The van der Waals surface area contributed by atoms with E-state index in [0.29, 0.717) is 6.61 Å². The zero-order valence-electron chi connectivity index (χ0n) is 12.0. The molecule has 0 aliphatic carbocycles. The average molecular weight is 262 g/mol. The number of benzene rings is 1. The summed E-state index contributed by atoms with van der Waals surface area (Å²) >= 11 is 0. The Balaban J connectivity index is 1.85. The lowest BCUT2D eigenvalue weighted by Crippen LogP contribution is -2.35. The van der Waals surface area contributed by atoms with Crippen molar-refractivity contribution in [3.8, 4) is 0 Å². The summed E-state index contributed by atoms with van der Waals surface area (Å²) in [5.74, 6) is 0.798. The molecule has 1 aromatic rings. The molecule has 1 unspecified atom stereocenters. The highest BCUT2D eigenvalue weighted by molar-refractivity contribution is 5.22. The van der Waals surface area contributed by atoms with Gasteiger partial charge < -0.3 is 10.5 Å². The highest BCUT2D eigenvalue weighted by atomic mass is 16.5. The Bertz CT molecular complexity index is 362. The summed E-state index contributed by atoms with van der Waals surface area (Å²) in [6, 6.07) is 8.78. The maximum absolute atomic E-state index is 5.67. The van der Waals surface area contributed by atoms with Crippen LogP contribution in [0, 0.1) is 5.92 Å². The van der Waals surface area contributed by atoms with Crippen molar-refractivity contribution in [2.24, 2.45) is 11.7 Å². The first-order chi connectivity index (χ1) is 9.31. The van der Waals surface area contributed by atoms with Crippen LogP contribution in [0.15, 0.2) is 24.3 Å². The molecular formula is C16H26N2O. The van der Waals surface area contributed by atoms with E-state index in [0.717, 1.165) is 19.0 Å². The van der Waals surface area contributed by atoms with Crippen molar-refractivity contribution in [3.05, 3.63) is 35.4 Å². The monoisotopic (exact) mass is 262 g/mol. The van der Waals surface area contributed by atoms with E-state index in [9.17, 15) is 0 Å². The summed E-state index contributed by atoms with van der Waals surface area (Å²) < 4.78 is 5.14. The molecule has 0 aromatic heterocycles. The average Bonchev–Trinajstić information content (AvgIpc) is 2.42. The number of nitrogens with zero attached hydrogens (tertiary/aromatic N) is 1. The fraction of sp³-hybridized carbons (Fsp3) is 0.625. The lowest BCUT2D eigenvalue weighted by atomic mass is 9.94. The number of methoxy groups -OCH3 is 1. The van der Waals surface area contributed by atoms with Crippen LogP contribution in [0.2, 0.25) is 0 Å². The first-order valence-electron chi connectivity index (χ1n) is 7.31. The maximum atomic E-state index is 5.67. The highest BCUT2D eigenvalue weighted by Crippen LogP contribution is 2.20. The van der Waals surface area contributed by atoms with Crippen LogP contribution in [0.4, 0.5) is 0 Å². The summed E-state index contributed by atoms with van der Waals surface area (Å²) in [7, 11) is 1.74. The highest BCUT2D eigenvalue weighted by Gasteiger charge is 2.19. The van der Waals surface area contributed by atoms with E-state index in [2.05, 4.69) is 29.2 Å². The SMILES string of the molecule is COCc1ccc(CN2CCCC(CCN)C2)cc1. The Kier molecular flexibility index (Phi) is 5.83. The molecule has 1 heterocycles. The van der Waals surface area contributed by atoms with Crippen molar-refractivity contribution in [2.75, 3.05) is 26.7 Å². The second-order valence-electron chi connectivity index (χ2n) is 5.57. The molecule has 2 rings (SSSR count). The van der Waals surface area contributed by atoms with Crippen molar-refractivity contribution >= 4 is 0 Å². The van der Waals surface area contributed by atoms with Crippen molar-refractivity contribution in [1.82, 2.24) is 4.90 Å². The molecule has 0 spiro atoms. The minimum Gasteiger partial charge on any atom is -0.380 e. The molecule has 1 saturated heterocycles. The molecule has 0 bridgehead atoms. The standard InChI is InChI=1S/C16H26N2O/c1-19-13-16-6-4-15(5-7-16)12-18-10-2-3-14(11-18)8-9-17/h4-7,14H,2-3,8-13,17H2,1H3. The number of hydrogen-bond donors (Lipinski definition) is 1. The van der Waals surface area contributed by atoms with E-state index in [-0.39, 0.29) is 0 Å². The predicted octanol–water partition coefficient (Wildman–Crippen LogP) is 2.39. The fourth-order valence-electron chi connectivity index (χ4n) is 2.93. The van der Waals surface area contributed by atoms with Gasteiger partial charge in [0.1, 0.15) is 0 Å². The molecular weight excluding hydrogens is 236 g/mol. The minimum absolute atomic E-state index is 0.697. The van der Waals surface area contributed by atoms with E-state index in [4.69, 9.17) is 10.5 Å². The van der Waals surface area contributed by atoms with Crippen LogP contribution < -0.4 is 5.73 Å². The van der Waals surface area contributed by atoms with Crippen LogP contribution in [0.3, 0.4) is 0 Å². The van der Waals surface area contributed by atoms with Gasteiger partial charge in [0.15, 0.2) is 0 Å². The van der Waals surface area contributed by atoms with E-state index in [1.165, 1.54) is 43.5 Å². The van der Waals surface area contributed by atoms with Gasteiger partial charge in [-0.15, -0.1) is 0 Å². The van der Waals surface area contributed by atoms with Gasteiger partial charge in [-0.3, -0.25) is 4.90 Å². The van der Waals surface area contributed by atoms with Crippen LogP contribution in [0.1, 0.15) is 30.4 Å². The molecule has 1 atom stereocenters. The van der Waals surface area contributed by atoms with Gasteiger partial charge >= 0.3 is 0 Å². The van der Waals surface area contributed by atoms with Gasteiger partial charge in [-0.05, 0) is 49.4 Å². The lowest BCUT2D eigenvalue weighted by molar-refractivity contribution is 0.163. The molecule has 2 N–H and O–H groups in total. The molecule has 1 aliphatic rings. The molecule has 0 saturated carbocycles. The van der Waals surface area contributed by atoms with Gasteiger partial charge in [-0.1, -0.05) is 24.3 Å². The van der Waals surface area contributed by atoms with E-state index in [1.807, 2.05) is 0 Å². The Morgan fingerprint density at radius 1 is 1.26 bits per heavy atom. The third-order valence-electron chi connectivity index (χ3n) is 3.92. The summed E-state index contributed by atoms with van der Waals surface area (Å²) in [5, 5.41) is 0. The van der Waals surface area contributed by atoms with Gasteiger partial charge in [-0.25, -0.2) is 0 Å². The van der Waals surface area contributed by atoms with Gasteiger partial charge in [-0.2, -0.15) is 0 Å². The molecule has 106 valence electrons. The molecule has 3 heteroatoms. The van der Waals surface area contributed by atoms with Gasteiger partial charge in [0.25, 0.3) is 0 Å². The third kappa shape index (κ3) is 4.60. The molecule has 1 aliphatic heterocycles. The number of rotatable bonds is 6. The first-order valence-corrected chi connectivity index (χ1v) is 7.31. The number of likely N-dealkylation sites (tertiary alicyclic amines) is 1. The Morgan fingerprint density at radius 2 is 2.00 bits per heavy atom. The molecule has 3 nitrogen and oxygen atoms in total. The van der Waals surface area contributed by atoms with Crippen LogP contribution in [0.5, 0.6) is 0 Å². The third-order valence-corrected chi connectivity index (χ3v) is 3.92. The van der Waals surface area contributed by atoms with Crippen LogP contribution >= 0.6 is 0 Å². The summed E-state index contributed by atoms with van der Waals surface area (Å²) in [6.45, 7) is 5.01. The molecule has 19 heavy (non-hydrogen) atoms. The predicted molar refractivity (Wildman–Crippen MR) is 78.8 cm³/mol. The minimum atomic E-state index is 0.697. The summed E-state index contributed by atoms with van der Waals surface area (Å²) in [4.78, 5) is 2.56. The Labute approximate surface area is 116 Å². The zero-order chi connectivity index (χ0) is 13.5. The Morgan fingerprint density at radius 3 is 2.68 bits per heavy atom. The smallest absolute Gasteiger partial charge is 0.0713 e. The van der Waals surface area contributed by atoms with Gasteiger partial charge in [0.2, 0.25) is 0 Å². The van der Waals surface area contributed by atoms with Gasteiger partial charge in [0, 0.05) is 20.2 Å². The second kappa shape index (κ2) is 7.63. The fourth-order valence-corrected chi connectivity index (χ4v) is 2.93. The van der Waals surface area contributed by atoms with Crippen molar-refractivity contribution < 1.29 is 4.74 Å². The maximum Gasteiger partial charge on any atom is 0.0713 e. The van der Waals surface area contributed by atoms with Crippen LogP contribution in [-0.4, -0.2) is 31.6 Å². The first kappa shape index (κ1) is 14.5. The molecule has 0 radical (unpaired) electrons. The van der Waals surface area contributed by atoms with Crippen molar-refractivity contribution in [2.45, 2.75) is 32.4 Å². The van der Waals surface area contributed by atoms with Crippen molar-refractivity contribution in [3.63, 3.8) is 0 Å². The number of piperidine rings is 1. The van der Waals surface area contributed by atoms with E-state index >= 15 is 0 Å². The molecule has 1 fully saturated rings. The second-order valence-corrected chi connectivity index (χ2v) is 5.57. The molecule has 0 amide bonds. The molecule has 1 aromatic carbocycles. The number of hydrogen-bond acceptors (Lipinski definition) is 3. The topological polar surface area (TPSA) is 38.5 Å². The van der Waals surface area contributed by atoms with Crippen LogP contribution in [0.25, 0.3) is 0 Å². The lowest BCUT2D eigenvalue weighted by Gasteiger charge is -2.32. The van der Waals surface area contributed by atoms with Crippen LogP contribution in [-0.2, 0) is 17.9 Å². The number of ether oxygens (including phenoxy) is 1. The van der Waals surface area contributed by atoms with E-state index < -0.39 is 0 Å². The number of nitrogens with two attached hydrogens (primary N) is 1. The summed E-state index contributed by atoms with van der Waals surface area (Å²) in [5.41, 5.74) is 8.31. The van der Waals surface area contributed by atoms with Crippen molar-refractivity contribution in [1.29, 1.82) is 0 Å². The quantitative estimate of drug-likeness (QED) is 0.855. The normalized spacial score (nSPS) is 20.6. The largest absolute Gasteiger partial charge is 0.380 e. The van der Waals surface area contributed by atoms with E-state index in [1.54, 1.807) is 7.11 Å². The summed E-state index contributed by atoms with van der Waals surface area (Å²) in [6.07, 6.45) is 3.83. The zero-order valence-corrected chi connectivity index (χ0v) is 12.0.